The van der Waals surface area contributed by atoms with Crippen molar-refractivity contribution in [1.82, 2.24) is 0 Å². The summed E-state index contributed by atoms with van der Waals surface area (Å²) >= 11 is 7.18. The van der Waals surface area contributed by atoms with E-state index < -0.39 is 46.3 Å². The first-order valence-electron chi connectivity index (χ1n) is 26.4. The van der Waals surface area contributed by atoms with Gasteiger partial charge in [0.25, 0.3) is 0 Å². The fourth-order valence-corrected chi connectivity index (χ4v) is 13.5. The number of aryl methyl sites for hydroxylation is 2. The average molecular weight is 1160 g/mol. The van der Waals surface area contributed by atoms with E-state index in [1.165, 1.54) is 47.9 Å². The second-order valence-electron chi connectivity index (χ2n) is 18.7. The van der Waals surface area contributed by atoms with Crippen LogP contribution in [-0.4, -0.2) is 45.6 Å². The van der Waals surface area contributed by atoms with E-state index in [2.05, 4.69) is 62.4 Å². The summed E-state index contributed by atoms with van der Waals surface area (Å²) in [6.07, 6.45) is 12.2. The molecule has 0 aliphatic rings. The van der Waals surface area contributed by atoms with Gasteiger partial charge in [0.05, 0.1) is 10.8 Å². The zero-order valence-electron chi connectivity index (χ0n) is 46.0. The fraction of sp³-hybridized carbons (Fsp3) is 0.433. The van der Waals surface area contributed by atoms with E-state index in [4.69, 9.17) is 19.0 Å². The first kappa shape index (κ1) is 68.9. The standard InChI is InChI=1S/2C30H36O6S2.2Na/c2*1-3-5-16-37-19-20-10-8-11-21(17-20)26(12-6-7-13-28(32)33)38-27-15-14-22-24(31)18-25(30(34)35)36-29(22)23(27)9-4-2;;/h2*8,10-11,14-15,17-18,26H,3-7,9,12-13,16,19H2,1-2H3,(H,32,33)(H,34,35);;/q;;2*+1/p-2. The van der Waals surface area contributed by atoms with Gasteiger partial charge in [-0.3, -0.25) is 19.2 Å². The first-order valence-corrected chi connectivity index (χ1v) is 30.5. The van der Waals surface area contributed by atoms with Crippen molar-refractivity contribution < 1.29 is 108 Å². The summed E-state index contributed by atoms with van der Waals surface area (Å²) < 4.78 is 11.4. The summed E-state index contributed by atoms with van der Waals surface area (Å²) in [6, 6.07) is 26.3. The molecule has 0 spiro atoms. The molecule has 0 saturated carbocycles. The Morgan fingerprint density at radius 2 is 0.923 bits per heavy atom. The van der Waals surface area contributed by atoms with E-state index >= 15 is 0 Å². The maximum absolute atomic E-state index is 12.6. The molecule has 18 heteroatoms. The third-order valence-electron chi connectivity index (χ3n) is 12.5. The Morgan fingerprint density at radius 1 is 0.526 bits per heavy atom. The smallest absolute Gasteiger partial charge is 0.542 e. The van der Waals surface area contributed by atoms with Gasteiger partial charge in [-0.15, -0.1) is 23.5 Å². The van der Waals surface area contributed by atoms with Gasteiger partial charge in [-0.05, 0) is 109 Å². The zero-order valence-corrected chi connectivity index (χ0v) is 53.3. The number of thioether (sulfide) groups is 4. The van der Waals surface area contributed by atoms with Crippen molar-refractivity contribution >= 4 is 92.9 Å². The SMILES string of the molecule is CCCCSCc1cccc(C(CCCCC(=O)O)Sc2ccc3c(=O)cc(C(=O)[O-])oc3c2CCC)c1.CCCCSCc1cccc(C(CCCCC(=O)O)Sc2ccc3c(=O)cc(C(=O)[O-])oc3c2CCC)c1.[Na+].[Na+]. The van der Waals surface area contributed by atoms with Gasteiger partial charge in [-0.25, -0.2) is 0 Å². The maximum Gasteiger partial charge on any atom is 1.00 e. The van der Waals surface area contributed by atoms with Crippen molar-refractivity contribution in [3.8, 4) is 0 Å². The third-order valence-corrected chi connectivity index (χ3v) is 17.6. The number of rotatable bonds is 32. The molecule has 2 unspecified atom stereocenters. The molecular formula is C60H70Na2O12S4. The monoisotopic (exact) mass is 1160 g/mol. The number of aliphatic carboxylic acids is 2. The molecule has 0 amide bonds. The zero-order chi connectivity index (χ0) is 55.0. The normalized spacial score (nSPS) is 11.7. The maximum atomic E-state index is 12.6. The second kappa shape index (κ2) is 36.8. The van der Waals surface area contributed by atoms with Crippen molar-refractivity contribution in [3.63, 3.8) is 0 Å². The molecule has 0 fully saturated rings. The van der Waals surface area contributed by atoms with Gasteiger partial charge in [0, 0.05) is 67.9 Å². The van der Waals surface area contributed by atoms with Gasteiger partial charge in [-0.1, -0.05) is 115 Å². The number of unbranched alkanes of at least 4 members (excludes halogenated alkanes) is 4. The quantitative estimate of drug-likeness (QED) is 0.0242. The number of fused-ring (bicyclic) bond motifs is 2. The van der Waals surface area contributed by atoms with Crippen LogP contribution in [0.2, 0.25) is 0 Å². The number of carbonyl (C=O) groups excluding carboxylic acids is 2. The predicted molar refractivity (Wildman–Crippen MR) is 306 cm³/mol. The van der Waals surface area contributed by atoms with E-state index in [-0.39, 0.29) is 82.5 Å². The second-order valence-corrected chi connectivity index (χ2v) is 23.4. The molecule has 6 aromatic rings. The number of benzene rings is 4. The Kier molecular flexibility index (Phi) is 32.5. The molecule has 408 valence electrons. The Hall–Kier alpha value is -3.42. The summed E-state index contributed by atoms with van der Waals surface area (Å²) in [5.74, 6) is -1.42. The first-order chi connectivity index (χ1) is 36.7. The molecule has 0 aliphatic heterocycles. The number of carboxylic acids is 4. The van der Waals surface area contributed by atoms with E-state index in [1.54, 1.807) is 35.7 Å². The molecule has 6 rings (SSSR count). The van der Waals surface area contributed by atoms with Crippen LogP contribution in [0.15, 0.2) is 113 Å². The number of carboxylic acid groups (broad SMARTS) is 4. The van der Waals surface area contributed by atoms with E-state index in [1.807, 2.05) is 49.5 Å². The van der Waals surface area contributed by atoms with Crippen molar-refractivity contribution in [2.75, 3.05) is 11.5 Å². The average Bonchev–Trinajstić information content (AvgIpc) is 3.42. The third kappa shape index (κ3) is 21.8. The molecule has 2 aromatic heterocycles. The summed E-state index contributed by atoms with van der Waals surface area (Å²) in [4.78, 5) is 72.1. The minimum atomic E-state index is -1.52. The minimum absolute atomic E-state index is 0. The Morgan fingerprint density at radius 3 is 1.27 bits per heavy atom. The molecule has 78 heavy (non-hydrogen) atoms. The van der Waals surface area contributed by atoms with Gasteiger partial charge < -0.3 is 38.8 Å². The van der Waals surface area contributed by atoms with Crippen LogP contribution >= 0.6 is 47.0 Å². The Balaban J connectivity index is 0.000000400. The van der Waals surface area contributed by atoms with Crippen LogP contribution in [0.4, 0.5) is 0 Å². The summed E-state index contributed by atoms with van der Waals surface area (Å²) in [5.41, 5.74) is 6.29. The fourth-order valence-electron chi connectivity index (χ4n) is 8.65. The number of hydrogen-bond donors (Lipinski definition) is 2. The van der Waals surface area contributed by atoms with Crippen LogP contribution in [0.5, 0.6) is 0 Å². The van der Waals surface area contributed by atoms with E-state index in [0.717, 1.165) is 94.6 Å². The largest absolute Gasteiger partial charge is 1.00 e. The minimum Gasteiger partial charge on any atom is -0.542 e. The summed E-state index contributed by atoms with van der Waals surface area (Å²) in [5, 5.41) is 41.9. The Bertz CT molecular complexity index is 2810. The molecule has 4 aromatic carbocycles. The van der Waals surface area contributed by atoms with Crippen LogP contribution in [0.25, 0.3) is 21.9 Å². The molecular weight excluding hydrogens is 1090 g/mol. The van der Waals surface area contributed by atoms with Gasteiger partial charge >= 0.3 is 71.1 Å². The van der Waals surface area contributed by atoms with Gasteiger partial charge in [0.2, 0.25) is 0 Å². The topological polar surface area (TPSA) is 215 Å². The van der Waals surface area contributed by atoms with Crippen LogP contribution in [0, 0.1) is 0 Å². The summed E-state index contributed by atoms with van der Waals surface area (Å²) in [6.45, 7) is 8.43. The van der Waals surface area contributed by atoms with Gasteiger partial charge in [0.15, 0.2) is 22.4 Å². The number of hydrogen-bond acceptors (Lipinski definition) is 14. The molecule has 0 bridgehead atoms. The van der Waals surface area contributed by atoms with Crippen LogP contribution in [0.3, 0.4) is 0 Å². The number of carbonyl (C=O) groups is 4. The molecule has 2 atom stereocenters. The molecule has 12 nitrogen and oxygen atoms in total. The van der Waals surface area contributed by atoms with Crippen LogP contribution in [0.1, 0.15) is 183 Å². The predicted octanol–water partition coefficient (Wildman–Crippen LogP) is 7.25. The van der Waals surface area contributed by atoms with Crippen molar-refractivity contribution in [1.29, 1.82) is 0 Å². The molecule has 0 aliphatic carbocycles. The van der Waals surface area contributed by atoms with Crippen molar-refractivity contribution in [3.05, 3.63) is 150 Å². The summed E-state index contributed by atoms with van der Waals surface area (Å²) in [7, 11) is 0. The molecule has 0 radical (unpaired) electrons. The van der Waals surface area contributed by atoms with Crippen LogP contribution < -0.4 is 80.2 Å². The van der Waals surface area contributed by atoms with Gasteiger partial charge in [0.1, 0.15) is 23.1 Å². The molecule has 0 saturated heterocycles. The molecule has 2 heterocycles. The number of aromatic carboxylic acids is 2. The molecule has 2 N–H and O–H groups in total. The van der Waals surface area contributed by atoms with E-state index in [9.17, 15) is 39.0 Å². The van der Waals surface area contributed by atoms with E-state index in [0.29, 0.717) is 47.6 Å². The Labute approximate surface area is 519 Å². The van der Waals surface area contributed by atoms with Gasteiger partial charge in [-0.2, -0.15) is 23.5 Å². The van der Waals surface area contributed by atoms with Crippen molar-refractivity contribution in [2.45, 2.75) is 162 Å². The van der Waals surface area contributed by atoms with Crippen LogP contribution in [-0.2, 0) is 33.9 Å². The van der Waals surface area contributed by atoms with Crippen molar-refractivity contribution in [2.24, 2.45) is 0 Å².